The molecule has 7 nitrogen and oxygen atoms in total. The highest BCUT2D eigenvalue weighted by Gasteiger charge is 2.54. The first-order valence-corrected chi connectivity index (χ1v) is 12.2. The second-order valence-electron chi connectivity index (χ2n) is 7.45. The van der Waals surface area contributed by atoms with Gasteiger partial charge in [-0.15, -0.1) is 10.2 Å². The lowest BCUT2D eigenvalue weighted by Gasteiger charge is -2.20. The molecular formula is C19H19ClFIN4O3S. The fourth-order valence-electron chi connectivity index (χ4n) is 3.50. The normalized spacial score (nSPS) is 15.5. The maximum Gasteiger partial charge on any atom is 0.238 e. The van der Waals surface area contributed by atoms with Gasteiger partial charge in [0.2, 0.25) is 10.0 Å². The zero-order valence-electron chi connectivity index (χ0n) is 16.0. The first kappa shape index (κ1) is 21.7. The number of anilines is 1. The summed E-state index contributed by atoms with van der Waals surface area (Å²) >= 11 is 8.61. The van der Waals surface area contributed by atoms with Crippen LogP contribution in [0.4, 0.5) is 10.1 Å². The van der Waals surface area contributed by atoms with Crippen molar-refractivity contribution in [2.24, 2.45) is 0 Å². The van der Waals surface area contributed by atoms with Gasteiger partial charge >= 0.3 is 0 Å². The summed E-state index contributed by atoms with van der Waals surface area (Å²) in [6.45, 7) is 1.51. The molecule has 2 N–H and O–H groups in total. The van der Waals surface area contributed by atoms with E-state index in [0.29, 0.717) is 35.4 Å². The summed E-state index contributed by atoms with van der Waals surface area (Å²) in [4.78, 5) is 0. The third-order valence-electron chi connectivity index (χ3n) is 5.48. The minimum absolute atomic E-state index is 0.0782. The average Bonchev–Trinajstić information content (AvgIpc) is 3.38. The third-order valence-corrected chi connectivity index (χ3v) is 8.79. The van der Waals surface area contributed by atoms with Crippen LogP contribution in [-0.4, -0.2) is 39.5 Å². The molecule has 3 aromatic rings. The van der Waals surface area contributed by atoms with Crippen molar-refractivity contribution in [3.8, 4) is 0 Å². The van der Waals surface area contributed by atoms with Crippen LogP contribution in [0.25, 0.3) is 5.65 Å². The number of aromatic nitrogens is 3. The molecule has 1 saturated carbocycles. The number of aliphatic hydroxyl groups excluding tert-OH is 1. The van der Waals surface area contributed by atoms with Gasteiger partial charge in [-0.3, -0.25) is 9.12 Å². The summed E-state index contributed by atoms with van der Waals surface area (Å²) in [5, 5.41) is 17.6. The van der Waals surface area contributed by atoms with Gasteiger partial charge in [0.15, 0.2) is 5.65 Å². The summed E-state index contributed by atoms with van der Waals surface area (Å²) in [6.07, 6.45) is 2.76. The first-order chi connectivity index (χ1) is 14.2. The van der Waals surface area contributed by atoms with Gasteiger partial charge in [0.25, 0.3) is 0 Å². The van der Waals surface area contributed by atoms with Crippen LogP contribution >= 0.6 is 34.2 Å². The summed E-state index contributed by atoms with van der Waals surface area (Å²) in [5.74, 6) is 0.138. The standard InChI is InChI=1S/C19H19ClFIN4O3S/c1-11-23-24-18-17(20)14(8-12-2-3-13(22)9-15(12)21)16(10-26(11)18)25-30(28,29)19(4-5-19)6-7-27/h2-3,9-10,25,27H,4-8H2,1H3. The molecule has 2 aromatic heterocycles. The van der Waals surface area contributed by atoms with Crippen LogP contribution in [0.15, 0.2) is 24.4 Å². The zero-order chi connectivity index (χ0) is 21.7. The van der Waals surface area contributed by atoms with Gasteiger partial charge < -0.3 is 5.11 Å². The second-order valence-corrected chi connectivity index (χ2v) is 11.2. The number of nitrogens with one attached hydrogen (secondary N) is 1. The second kappa shape index (κ2) is 7.88. The van der Waals surface area contributed by atoms with Gasteiger partial charge in [-0.05, 0) is 66.5 Å². The minimum Gasteiger partial charge on any atom is -0.396 e. The Morgan fingerprint density at radius 1 is 1.37 bits per heavy atom. The van der Waals surface area contributed by atoms with Crippen molar-refractivity contribution >= 4 is 55.5 Å². The molecule has 0 amide bonds. The Bertz CT molecular complexity index is 1240. The van der Waals surface area contributed by atoms with Crippen LogP contribution in [0.5, 0.6) is 0 Å². The number of benzene rings is 1. The molecule has 4 rings (SSSR count). The molecule has 0 bridgehead atoms. The van der Waals surface area contributed by atoms with Crippen molar-refractivity contribution in [2.45, 2.75) is 37.4 Å². The molecule has 0 spiro atoms. The Morgan fingerprint density at radius 2 is 2.10 bits per heavy atom. The number of hydrogen-bond donors (Lipinski definition) is 2. The van der Waals surface area contributed by atoms with E-state index in [1.54, 1.807) is 29.7 Å². The van der Waals surface area contributed by atoms with E-state index < -0.39 is 20.6 Å². The van der Waals surface area contributed by atoms with E-state index >= 15 is 0 Å². The van der Waals surface area contributed by atoms with E-state index in [0.717, 1.165) is 3.57 Å². The van der Waals surface area contributed by atoms with E-state index in [1.807, 2.05) is 22.6 Å². The Kier molecular flexibility index (Phi) is 5.71. The molecule has 1 aliphatic rings. The molecule has 1 fully saturated rings. The van der Waals surface area contributed by atoms with Gasteiger partial charge in [-0.1, -0.05) is 17.7 Å². The molecule has 0 atom stereocenters. The number of fused-ring (bicyclic) bond motifs is 1. The molecule has 160 valence electrons. The van der Waals surface area contributed by atoms with Gasteiger partial charge in [-0.25, -0.2) is 12.8 Å². The lowest BCUT2D eigenvalue weighted by molar-refractivity contribution is 0.283. The molecule has 0 aliphatic heterocycles. The highest BCUT2D eigenvalue weighted by molar-refractivity contribution is 14.1. The van der Waals surface area contributed by atoms with Crippen molar-refractivity contribution in [3.63, 3.8) is 0 Å². The third kappa shape index (κ3) is 3.78. The molecule has 11 heteroatoms. The van der Waals surface area contributed by atoms with E-state index in [2.05, 4.69) is 14.9 Å². The Morgan fingerprint density at radius 3 is 2.73 bits per heavy atom. The van der Waals surface area contributed by atoms with Crippen LogP contribution < -0.4 is 4.72 Å². The molecule has 1 aliphatic carbocycles. The number of halogens is 3. The molecule has 30 heavy (non-hydrogen) atoms. The van der Waals surface area contributed by atoms with E-state index in [-0.39, 0.29) is 30.2 Å². The maximum atomic E-state index is 14.5. The molecule has 0 radical (unpaired) electrons. The lowest BCUT2D eigenvalue weighted by atomic mass is 10.0. The highest BCUT2D eigenvalue weighted by Crippen LogP contribution is 2.47. The van der Waals surface area contributed by atoms with Gasteiger partial charge in [0.1, 0.15) is 11.6 Å². The summed E-state index contributed by atoms with van der Waals surface area (Å²) in [6, 6.07) is 4.84. The number of hydrogen-bond acceptors (Lipinski definition) is 5. The van der Waals surface area contributed by atoms with E-state index in [1.165, 1.54) is 6.07 Å². The van der Waals surface area contributed by atoms with Crippen LogP contribution in [0.2, 0.25) is 5.02 Å². The van der Waals surface area contributed by atoms with E-state index in [9.17, 15) is 17.9 Å². The highest BCUT2D eigenvalue weighted by atomic mass is 127. The number of nitrogens with zero attached hydrogens (tertiary/aromatic N) is 3. The summed E-state index contributed by atoms with van der Waals surface area (Å²) in [7, 11) is -3.79. The Hall–Kier alpha value is -1.50. The lowest BCUT2D eigenvalue weighted by Crippen LogP contribution is -2.31. The topological polar surface area (TPSA) is 96.6 Å². The van der Waals surface area contributed by atoms with Gasteiger partial charge in [-0.2, -0.15) is 0 Å². The van der Waals surface area contributed by atoms with Gasteiger partial charge in [0, 0.05) is 28.4 Å². The number of aryl methyl sites for hydroxylation is 1. The summed E-state index contributed by atoms with van der Waals surface area (Å²) in [5.41, 5.74) is 1.42. The fraction of sp³-hybridized carbons (Fsp3) is 0.368. The van der Waals surface area contributed by atoms with Gasteiger partial charge in [0.05, 0.1) is 15.5 Å². The van der Waals surface area contributed by atoms with Crippen molar-refractivity contribution < 1.29 is 17.9 Å². The van der Waals surface area contributed by atoms with Crippen molar-refractivity contribution in [1.82, 2.24) is 14.6 Å². The van der Waals surface area contributed by atoms with Crippen LogP contribution in [0, 0.1) is 16.3 Å². The number of pyridine rings is 1. The van der Waals surface area contributed by atoms with E-state index in [4.69, 9.17) is 11.6 Å². The Balaban J connectivity index is 1.83. The fourth-order valence-corrected chi connectivity index (χ4v) is 5.93. The Labute approximate surface area is 191 Å². The van der Waals surface area contributed by atoms with Crippen molar-refractivity contribution in [1.29, 1.82) is 0 Å². The molecule has 2 heterocycles. The van der Waals surface area contributed by atoms with Crippen molar-refractivity contribution in [2.75, 3.05) is 11.3 Å². The quantitative estimate of drug-likeness (QED) is 0.427. The number of rotatable bonds is 7. The maximum absolute atomic E-state index is 14.5. The SMILES string of the molecule is Cc1nnc2c(Cl)c(Cc3ccc(I)cc3F)c(NS(=O)(=O)C3(CCO)CC3)cn12. The van der Waals surface area contributed by atoms with Crippen molar-refractivity contribution in [3.05, 3.63) is 55.8 Å². The molecular weight excluding hydrogens is 546 g/mol. The minimum atomic E-state index is -3.79. The molecule has 0 unspecified atom stereocenters. The number of sulfonamides is 1. The number of aliphatic hydroxyl groups is 1. The smallest absolute Gasteiger partial charge is 0.238 e. The van der Waals surface area contributed by atoms with Crippen LogP contribution in [0.3, 0.4) is 0 Å². The first-order valence-electron chi connectivity index (χ1n) is 9.27. The molecule has 0 saturated heterocycles. The average molecular weight is 565 g/mol. The van der Waals surface area contributed by atoms with Crippen LogP contribution in [-0.2, 0) is 16.4 Å². The predicted octanol–water partition coefficient (Wildman–Crippen LogP) is 3.68. The predicted molar refractivity (Wildman–Crippen MR) is 121 cm³/mol. The summed E-state index contributed by atoms with van der Waals surface area (Å²) < 4.78 is 44.7. The monoisotopic (exact) mass is 564 g/mol. The largest absolute Gasteiger partial charge is 0.396 e. The van der Waals surface area contributed by atoms with Crippen LogP contribution in [0.1, 0.15) is 36.2 Å². The molecule has 1 aromatic carbocycles. The zero-order valence-corrected chi connectivity index (χ0v) is 19.7.